The number of rotatable bonds is 2. The van der Waals surface area contributed by atoms with Gasteiger partial charge < -0.3 is 0 Å². The molecule has 4 heteroatoms. The summed E-state index contributed by atoms with van der Waals surface area (Å²) in [5, 5.41) is 0. The summed E-state index contributed by atoms with van der Waals surface area (Å²) in [6, 6.07) is 9.69. The highest BCUT2D eigenvalue weighted by Crippen LogP contribution is 2.66. The largest absolute Gasteiger partial charge is 0.396 e. The first kappa shape index (κ1) is 11.1. The summed E-state index contributed by atoms with van der Waals surface area (Å²) in [7, 11) is 0. The van der Waals surface area contributed by atoms with Crippen molar-refractivity contribution in [3.05, 3.63) is 35.9 Å². The third-order valence-corrected chi connectivity index (χ3v) is 4.03. The highest BCUT2D eigenvalue weighted by molar-refractivity contribution is 5.18. The fraction of sp³-hybridized carbons (Fsp3) is 0.538. The van der Waals surface area contributed by atoms with Crippen LogP contribution in [-0.4, -0.2) is 24.2 Å². The minimum absolute atomic E-state index is 0.161. The molecule has 1 saturated carbocycles. The molecule has 1 aromatic rings. The first-order chi connectivity index (χ1) is 8.01. The van der Waals surface area contributed by atoms with E-state index in [2.05, 4.69) is 0 Å². The number of likely N-dealkylation sites (tertiary alicyclic amines) is 1. The summed E-state index contributed by atoms with van der Waals surface area (Å²) in [6.45, 7) is 1.40. The molecule has 0 N–H and O–H groups in total. The summed E-state index contributed by atoms with van der Waals surface area (Å²) in [6.07, 6.45) is -3.69. The van der Waals surface area contributed by atoms with Gasteiger partial charge in [-0.3, -0.25) is 4.90 Å². The second-order valence-corrected chi connectivity index (χ2v) is 5.21. The Kier molecular flexibility index (Phi) is 2.27. The van der Waals surface area contributed by atoms with Crippen molar-refractivity contribution in [2.45, 2.75) is 19.1 Å². The Bertz CT molecular complexity index is 414. The van der Waals surface area contributed by atoms with Gasteiger partial charge in [0.25, 0.3) is 0 Å². The SMILES string of the molecule is FC(F)(F)[C@]12C[C@H]1CN(Cc1ccccc1)C2. The first-order valence-electron chi connectivity index (χ1n) is 5.84. The average Bonchev–Trinajstić information content (AvgIpc) is 2.84. The van der Waals surface area contributed by atoms with Gasteiger partial charge in [0.2, 0.25) is 0 Å². The van der Waals surface area contributed by atoms with Crippen molar-refractivity contribution >= 4 is 0 Å². The summed E-state index contributed by atoms with van der Waals surface area (Å²) >= 11 is 0. The molecule has 1 nitrogen and oxygen atoms in total. The van der Waals surface area contributed by atoms with Crippen LogP contribution in [0.4, 0.5) is 13.2 Å². The van der Waals surface area contributed by atoms with E-state index < -0.39 is 11.6 Å². The van der Waals surface area contributed by atoms with Crippen LogP contribution < -0.4 is 0 Å². The molecule has 1 heterocycles. The average molecular weight is 241 g/mol. The number of piperidine rings is 1. The molecule has 2 aliphatic rings. The maximum atomic E-state index is 12.9. The minimum Gasteiger partial charge on any atom is -0.298 e. The number of fused-ring (bicyclic) bond motifs is 1. The second kappa shape index (κ2) is 3.48. The van der Waals surface area contributed by atoms with Crippen molar-refractivity contribution in [1.29, 1.82) is 0 Å². The van der Waals surface area contributed by atoms with Crippen LogP contribution in [-0.2, 0) is 6.54 Å². The van der Waals surface area contributed by atoms with Crippen LogP contribution in [0.15, 0.2) is 30.3 Å². The van der Waals surface area contributed by atoms with E-state index in [0.29, 0.717) is 19.5 Å². The third kappa shape index (κ3) is 1.75. The zero-order valence-electron chi connectivity index (χ0n) is 9.37. The Hall–Kier alpha value is -1.03. The smallest absolute Gasteiger partial charge is 0.298 e. The zero-order valence-corrected chi connectivity index (χ0v) is 9.37. The van der Waals surface area contributed by atoms with E-state index in [-0.39, 0.29) is 12.5 Å². The lowest BCUT2D eigenvalue weighted by atomic mass is 10.1. The summed E-state index contributed by atoms with van der Waals surface area (Å²) in [5.74, 6) is -0.161. The quantitative estimate of drug-likeness (QED) is 0.769. The lowest BCUT2D eigenvalue weighted by Crippen LogP contribution is -2.32. The molecular formula is C13H14F3N. The molecule has 2 fully saturated rings. The molecule has 2 atom stereocenters. The van der Waals surface area contributed by atoms with Gasteiger partial charge in [0.05, 0.1) is 5.41 Å². The van der Waals surface area contributed by atoms with Gasteiger partial charge in [-0.15, -0.1) is 0 Å². The van der Waals surface area contributed by atoms with Crippen molar-refractivity contribution in [2.75, 3.05) is 13.1 Å². The van der Waals surface area contributed by atoms with Gasteiger partial charge in [-0.05, 0) is 17.9 Å². The Morgan fingerprint density at radius 2 is 1.94 bits per heavy atom. The van der Waals surface area contributed by atoms with Gasteiger partial charge in [0.1, 0.15) is 0 Å². The minimum atomic E-state index is -4.02. The number of nitrogens with zero attached hydrogens (tertiary/aromatic N) is 1. The molecule has 1 aliphatic heterocycles. The highest BCUT2D eigenvalue weighted by Gasteiger charge is 2.73. The number of alkyl halides is 3. The van der Waals surface area contributed by atoms with Crippen LogP contribution >= 0.6 is 0 Å². The molecule has 1 saturated heterocycles. The molecule has 1 aliphatic carbocycles. The van der Waals surface area contributed by atoms with E-state index in [1.807, 2.05) is 35.2 Å². The van der Waals surface area contributed by atoms with Gasteiger partial charge in [0, 0.05) is 19.6 Å². The Labute approximate surface area is 98.2 Å². The van der Waals surface area contributed by atoms with Crippen molar-refractivity contribution in [3.8, 4) is 0 Å². The molecule has 0 radical (unpaired) electrons. The number of benzene rings is 1. The van der Waals surface area contributed by atoms with Crippen LogP contribution in [0.2, 0.25) is 0 Å². The Morgan fingerprint density at radius 3 is 2.53 bits per heavy atom. The monoisotopic (exact) mass is 241 g/mol. The maximum Gasteiger partial charge on any atom is 0.396 e. The van der Waals surface area contributed by atoms with Crippen molar-refractivity contribution in [1.82, 2.24) is 4.90 Å². The van der Waals surface area contributed by atoms with E-state index in [0.717, 1.165) is 5.56 Å². The number of hydrogen-bond donors (Lipinski definition) is 0. The first-order valence-corrected chi connectivity index (χ1v) is 5.84. The van der Waals surface area contributed by atoms with Crippen molar-refractivity contribution in [3.63, 3.8) is 0 Å². The normalized spacial score (nSPS) is 32.5. The van der Waals surface area contributed by atoms with E-state index in [1.165, 1.54) is 0 Å². The van der Waals surface area contributed by atoms with Crippen molar-refractivity contribution < 1.29 is 13.2 Å². The maximum absolute atomic E-state index is 12.9. The molecule has 1 aromatic carbocycles. The van der Waals surface area contributed by atoms with Crippen LogP contribution in [0.1, 0.15) is 12.0 Å². The molecule has 3 rings (SSSR count). The van der Waals surface area contributed by atoms with Gasteiger partial charge in [0.15, 0.2) is 0 Å². The fourth-order valence-electron chi connectivity index (χ4n) is 2.99. The summed E-state index contributed by atoms with van der Waals surface area (Å²) < 4.78 is 38.6. The van der Waals surface area contributed by atoms with Crippen LogP contribution in [0, 0.1) is 11.3 Å². The van der Waals surface area contributed by atoms with Crippen LogP contribution in [0.3, 0.4) is 0 Å². The molecule has 0 bridgehead atoms. The van der Waals surface area contributed by atoms with Crippen LogP contribution in [0.5, 0.6) is 0 Å². The predicted molar refractivity (Wildman–Crippen MR) is 58.3 cm³/mol. The van der Waals surface area contributed by atoms with Gasteiger partial charge in [-0.2, -0.15) is 13.2 Å². The van der Waals surface area contributed by atoms with Crippen LogP contribution in [0.25, 0.3) is 0 Å². The summed E-state index contributed by atoms with van der Waals surface area (Å²) in [5.41, 5.74) is -0.284. The number of hydrogen-bond acceptors (Lipinski definition) is 1. The van der Waals surface area contributed by atoms with Crippen molar-refractivity contribution in [2.24, 2.45) is 11.3 Å². The third-order valence-electron chi connectivity index (χ3n) is 4.03. The molecule has 0 unspecified atom stereocenters. The molecule has 92 valence electrons. The van der Waals surface area contributed by atoms with Gasteiger partial charge in [-0.1, -0.05) is 30.3 Å². The predicted octanol–water partition coefficient (Wildman–Crippen LogP) is 3.07. The van der Waals surface area contributed by atoms with Gasteiger partial charge in [-0.25, -0.2) is 0 Å². The molecule has 0 spiro atoms. The van der Waals surface area contributed by atoms with E-state index >= 15 is 0 Å². The molecule has 0 aromatic heterocycles. The fourth-order valence-corrected chi connectivity index (χ4v) is 2.99. The second-order valence-electron chi connectivity index (χ2n) is 5.21. The lowest BCUT2D eigenvalue weighted by Gasteiger charge is -2.22. The molecular weight excluding hydrogens is 227 g/mol. The van der Waals surface area contributed by atoms with Gasteiger partial charge >= 0.3 is 6.18 Å². The zero-order chi connectivity index (χ0) is 12.1. The van der Waals surface area contributed by atoms with E-state index in [1.54, 1.807) is 0 Å². The Balaban J connectivity index is 1.67. The van der Waals surface area contributed by atoms with E-state index in [9.17, 15) is 13.2 Å². The topological polar surface area (TPSA) is 3.24 Å². The molecule has 17 heavy (non-hydrogen) atoms. The lowest BCUT2D eigenvalue weighted by molar-refractivity contribution is -0.188. The number of halogens is 3. The summed E-state index contributed by atoms with van der Waals surface area (Å²) in [4.78, 5) is 1.93. The Morgan fingerprint density at radius 1 is 1.24 bits per heavy atom. The highest BCUT2D eigenvalue weighted by atomic mass is 19.4. The van der Waals surface area contributed by atoms with E-state index in [4.69, 9.17) is 0 Å². The molecule has 0 amide bonds. The standard InChI is InChI=1S/C13H14F3N/c14-13(15,16)12-6-11(12)8-17(9-12)7-10-4-2-1-3-5-10/h1-5,11H,6-9H2/t11-,12-/m0/s1.